The summed E-state index contributed by atoms with van der Waals surface area (Å²) >= 11 is 0. The van der Waals surface area contributed by atoms with Crippen LogP contribution in [0.1, 0.15) is 26.2 Å². The van der Waals surface area contributed by atoms with Gasteiger partial charge in [0, 0.05) is 6.04 Å². The van der Waals surface area contributed by atoms with E-state index in [0.717, 1.165) is 18.8 Å². The van der Waals surface area contributed by atoms with Crippen LogP contribution in [-0.4, -0.2) is 6.04 Å². The topological polar surface area (TPSA) is 12.0 Å². The summed E-state index contributed by atoms with van der Waals surface area (Å²) < 4.78 is 13.3. The Bertz CT molecular complexity index is 311. The highest BCUT2D eigenvalue weighted by Crippen LogP contribution is 2.28. The largest absolute Gasteiger partial charge is 0.380 e. The maximum Gasteiger partial charge on any atom is 0.146 e. The lowest BCUT2D eigenvalue weighted by molar-refractivity contribution is 0.597. The van der Waals surface area contributed by atoms with Gasteiger partial charge in [-0.25, -0.2) is 4.39 Å². The van der Waals surface area contributed by atoms with Gasteiger partial charge in [0.15, 0.2) is 0 Å². The van der Waals surface area contributed by atoms with Gasteiger partial charge in [-0.15, -0.1) is 0 Å². The second-order valence-corrected chi connectivity index (χ2v) is 4.24. The second kappa shape index (κ2) is 3.99. The Balaban J connectivity index is 2.01. The molecule has 1 aromatic rings. The number of rotatable bonds is 2. The van der Waals surface area contributed by atoms with Crippen molar-refractivity contribution in [3.8, 4) is 0 Å². The number of benzene rings is 1. The van der Waals surface area contributed by atoms with Gasteiger partial charge in [0.1, 0.15) is 5.82 Å². The summed E-state index contributed by atoms with van der Waals surface area (Å²) in [6.07, 6.45) is 3.58. The van der Waals surface area contributed by atoms with Crippen LogP contribution in [0.2, 0.25) is 0 Å². The molecule has 2 rings (SSSR count). The van der Waals surface area contributed by atoms with E-state index in [-0.39, 0.29) is 5.82 Å². The average molecular weight is 193 g/mol. The first-order valence-corrected chi connectivity index (χ1v) is 5.27. The Hall–Kier alpha value is -1.05. The van der Waals surface area contributed by atoms with E-state index in [1.165, 1.54) is 12.5 Å². The average Bonchev–Trinajstić information content (AvgIpc) is 2.56. The quantitative estimate of drug-likeness (QED) is 0.758. The van der Waals surface area contributed by atoms with E-state index in [4.69, 9.17) is 0 Å². The molecule has 1 N–H and O–H groups in total. The van der Waals surface area contributed by atoms with Crippen molar-refractivity contribution in [1.29, 1.82) is 0 Å². The zero-order valence-corrected chi connectivity index (χ0v) is 8.46. The van der Waals surface area contributed by atoms with Gasteiger partial charge in [-0.1, -0.05) is 19.1 Å². The first-order valence-electron chi connectivity index (χ1n) is 5.27. The number of nitrogens with one attached hydrogen (secondary N) is 1. The SMILES string of the molecule is C[C@@H]1CC[C@H](Nc2ccccc2F)C1. The number of hydrogen-bond acceptors (Lipinski definition) is 1. The van der Waals surface area contributed by atoms with Gasteiger partial charge in [0.25, 0.3) is 0 Å². The zero-order valence-electron chi connectivity index (χ0n) is 8.46. The molecule has 2 heteroatoms. The van der Waals surface area contributed by atoms with E-state index < -0.39 is 0 Å². The molecule has 0 aliphatic heterocycles. The predicted octanol–water partition coefficient (Wildman–Crippen LogP) is 3.43. The summed E-state index contributed by atoms with van der Waals surface area (Å²) in [5.74, 6) is 0.631. The van der Waals surface area contributed by atoms with E-state index in [9.17, 15) is 4.39 Å². The van der Waals surface area contributed by atoms with Crippen molar-refractivity contribution in [3.63, 3.8) is 0 Å². The van der Waals surface area contributed by atoms with Gasteiger partial charge in [-0.3, -0.25) is 0 Å². The smallest absolute Gasteiger partial charge is 0.146 e. The van der Waals surface area contributed by atoms with Gasteiger partial charge in [-0.05, 0) is 37.3 Å². The van der Waals surface area contributed by atoms with E-state index >= 15 is 0 Å². The molecule has 0 amide bonds. The minimum atomic E-state index is -0.146. The molecule has 1 saturated carbocycles. The molecular weight excluding hydrogens is 177 g/mol. The maximum atomic E-state index is 13.3. The molecule has 14 heavy (non-hydrogen) atoms. The minimum absolute atomic E-state index is 0.146. The van der Waals surface area contributed by atoms with Crippen molar-refractivity contribution >= 4 is 5.69 Å². The van der Waals surface area contributed by atoms with Crippen LogP contribution in [0.3, 0.4) is 0 Å². The summed E-state index contributed by atoms with van der Waals surface area (Å²) in [5, 5.41) is 3.26. The molecule has 1 fully saturated rings. The van der Waals surface area contributed by atoms with Crippen LogP contribution in [0.15, 0.2) is 24.3 Å². The van der Waals surface area contributed by atoms with Crippen molar-refractivity contribution in [2.45, 2.75) is 32.2 Å². The molecular formula is C12H16FN. The third-order valence-electron chi connectivity index (χ3n) is 2.93. The number of anilines is 1. The van der Waals surface area contributed by atoms with Crippen molar-refractivity contribution in [3.05, 3.63) is 30.1 Å². The lowest BCUT2D eigenvalue weighted by atomic mass is 10.1. The van der Waals surface area contributed by atoms with Crippen molar-refractivity contribution in [1.82, 2.24) is 0 Å². The fourth-order valence-electron chi connectivity index (χ4n) is 2.14. The molecule has 0 bridgehead atoms. The lowest BCUT2D eigenvalue weighted by Gasteiger charge is -2.14. The molecule has 1 nitrogen and oxygen atoms in total. The Morgan fingerprint density at radius 2 is 2.07 bits per heavy atom. The van der Waals surface area contributed by atoms with Crippen molar-refractivity contribution in [2.24, 2.45) is 5.92 Å². The van der Waals surface area contributed by atoms with E-state index in [2.05, 4.69) is 12.2 Å². The van der Waals surface area contributed by atoms with Gasteiger partial charge in [0.05, 0.1) is 5.69 Å². The summed E-state index contributed by atoms with van der Waals surface area (Å²) in [5.41, 5.74) is 0.645. The van der Waals surface area contributed by atoms with Gasteiger partial charge < -0.3 is 5.32 Å². The third-order valence-corrected chi connectivity index (χ3v) is 2.93. The molecule has 1 aliphatic carbocycles. The Morgan fingerprint density at radius 1 is 1.29 bits per heavy atom. The summed E-state index contributed by atoms with van der Waals surface area (Å²) in [4.78, 5) is 0. The van der Waals surface area contributed by atoms with E-state index in [1.807, 2.05) is 6.07 Å². The highest BCUT2D eigenvalue weighted by Gasteiger charge is 2.21. The first kappa shape index (κ1) is 9.50. The molecule has 0 aromatic heterocycles. The Labute approximate surface area is 84.3 Å². The third kappa shape index (κ3) is 2.06. The zero-order chi connectivity index (χ0) is 9.97. The fourth-order valence-corrected chi connectivity index (χ4v) is 2.14. The molecule has 0 unspecified atom stereocenters. The monoisotopic (exact) mass is 193 g/mol. The van der Waals surface area contributed by atoms with Gasteiger partial charge in [0.2, 0.25) is 0 Å². The van der Waals surface area contributed by atoms with Crippen LogP contribution in [0.25, 0.3) is 0 Å². The van der Waals surface area contributed by atoms with Gasteiger partial charge in [-0.2, -0.15) is 0 Å². The molecule has 0 heterocycles. The van der Waals surface area contributed by atoms with Gasteiger partial charge >= 0.3 is 0 Å². The molecule has 1 aromatic carbocycles. The molecule has 2 atom stereocenters. The highest BCUT2D eigenvalue weighted by atomic mass is 19.1. The number of para-hydroxylation sites is 1. The second-order valence-electron chi connectivity index (χ2n) is 4.24. The molecule has 76 valence electrons. The number of hydrogen-bond donors (Lipinski definition) is 1. The summed E-state index contributed by atoms with van der Waals surface area (Å²) in [7, 11) is 0. The van der Waals surface area contributed by atoms with Crippen molar-refractivity contribution in [2.75, 3.05) is 5.32 Å². The van der Waals surface area contributed by atoms with Crippen LogP contribution >= 0.6 is 0 Å². The lowest BCUT2D eigenvalue weighted by Crippen LogP contribution is -2.16. The molecule has 1 aliphatic rings. The first-order chi connectivity index (χ1) is 6.75. The van der Waals surface area contributed by atoms with Crippen LogP contribution in [-0.2, 0) is 0 Å². The van der Waals surface area contributed by atoms with Crippen LogP contribution in [0.5, 0.6) is 0 Å². The minimum Gasteiger partial charge on any atom is -0.380 e. The Kier molecular flexibility index (Phi) is 2.71. The fraction of sp³-hybridized carbons (Fsp3) is 0.500. The molecule has 0 radical (unpaired) electrons. The molecule has 0 saturated heterocycles. The van der Waals surface area contributed by atoms with Crippen LogP contribution < -0.4 is 5.32 Å². The summed E-state index contributed by atoms with van der Waals surface area (Å²) in [6, 6.07) is 7.35. The van der Waals surface area contributed by atoms with Crippen molar-refractivity contribution < 1.29 is 4.39 Å². The van der Waals surface area contributed by atoms with Crippen LogP contribution in [0, 0.1) is 11.7 Å². The predicted molar refractivity (Wildman–Crippen MR) is 56.8 cm³/mol. The summed E-state index contributed by atoms with van der Waals surface area (Å²) in [6.45, 7) is 2.25. The highest BCUT2D eigenvalue weighted by molar-refractivity contribution is 5.45. The van der Waals surface area contributed by atoms with E-state index in [0.29, 0.717) is 11.7 Å². The normalized spacial score (nSPS) is 26.4. The van der Waals surface area contributed by atoms with Crippen LogP contribution in [0.4, 0.5) is 10.1 Å². The standard InChI is InChI=1S/C12H16FN/c1-9-6-7-10(8-9)14-12-5-3-2-4-11(12)13/h2-5,9-10,14H,6-8H2,1H3/t9-,10+/m1/s1. The Morgan fingerprint density at radius 3 is 2.71 bits per heavy atom. The number of halogens is 1. The maximum absolute atomic E-state index is 13.3. The van der Waals surface area contributed by atoms with E-state index in [1.54, 1.807) is 12.1 Å². The molecule has 0 spiro atoms.